The fourth-order valence-corrected chi connectivity index (χ4v) is 2.08. The van der Waals surface area contributed by atoms with Crippen LogP contribution in [0, 0.1) is 0 Å². The van der Waals surface area contributed by atoms with Crippen molar-refractivity contribution in [2.75, 3.05) is 13.6 Å². The van der Waals surface area contributed by atoms with Gasteiger partial charge in [-0.05, 0) is 37.9 Å². The predicted octanol–water partition coefficient (Wildman–Crippen LogP) is 1.61. The highest BCUT2D eigenvalue weighted by Gasteiger charge is 2.29. The van der Waals surface area contributed by atoms with Crippen LogP contribution in [0.1, 0.15) is 31.9 Å². The molecular formula is C14H23N3O. The second kappa shape index (κ2) is 6.05. The van der Waals surface area contributed by atoms with Crippen LogP contribution in [-0.2, 0) is 17.9 Å². The van der Waals surface area contributed by atoms with Crippen molar-refractivity contribution in [1.82, 2.24) is 14.8 Å². The Morgan fingerprint density at radius 2 is 2.33 bits per heavy atom. The van der Waals surface area contributed by atoms with Crippen LogP contribution >= 0.6 is 0 Å². The molecule has 0 aliphatic heterocycles. The second-order valence-electron chi connectivity index (χ2n) is 5.04. The van der Waals surface area contributed by atoms with Gasteiger partial charge >= 0.3 is 0 Å². The molecule has 1 aliphatic rings. The molecule has 0 spiro atoms. The summed E-state index contributed by atoms with van der Waals surface area (Å²) in [5.41, 5.74) is 1.18. The van der Waals surface area contributed by atoms with Gasteiger partial charge < -0.3 is 14.8 Å². The first-order chi connectivity index (χ1) is 8.72. The molecule has 2 rings (SSSR count). The van der Waals surface area contributed by atoms with Crippen molar-refractivity contribution in [3.63, 3.8) is 0 Å². The molecule has 1 fully saturated rings. The number of carbonyl (C=O) groups is 1. The van der Waals surface area contributed by atoms with E-state index in [1.54, 1.807) is 0 Å². The Balaban J connectivity index is 1.88. The summed E-state index contributed by atoms with van der Waals surface area (Å²) in [6.45, 7) is 4.46. The third-order valence-corrected chi connectivity index (χ3v) is 3.45. The molecule has 0 aromatic carbocycles. The highest BCUT2D eigenvalue weighted by Crippen LogP contribution is 2.25. The number of nitrogens with zero attached hydrogens (tertiary/aromatic N) is 2. The zero-order chi connectivity index (χ0) is 13.0. The average molecular weight is 249 g/mol. The van der Waals surface area contributed by atoms with Gasteiger partial charge in [-0.25, -0.2) is 0 Å². The van der Waals surface area contributed by atoms with Crippen LogP contribution in [0.3, 0.4) is 0 Å². The van der Waals surface area contributed by atoms with E-state index in [1.165, 1.54) is 18.5 Å². The average Bonchev–Trinajstić information content (AvgIpc) is 3.12. The van der Waals surface area contributed by atoms with Crippen molar-refractivity contribution in [2.45, 2.75) is 45.3 Å². The third kappa shape index (κ3) is 3.35. The molecule has 0 unspecified atom stereocenters. The van der Waals surface area contributed by atoms with Gasteiger partial charge in [0.15, 0.2) is 0 Å². The second-order valence-corrected chi connectivity index (χ2v) is 5.04. The lowest BCUT2D eigenvalue weighted by Gasteiger charge is -2.18. The largest absolute Gasteiger partial charge is 0.341 e. The lowest BCUT2D eigenvalue weighted by Crippen LogP contribution is -2.32. The molecule has 0 saturated heterocycles. The highest BCUT2D eigenvalue weighted by molar-refractivity contribution is 5.76. The quantitative estimate of drug-likeness (QED) is 0.745. The number of nitrogens with one attached hydrogen (secondary N) is 1. The number of hydrogen-bond donors (Lipinski definition) is 1. The molecule has 0 radical (unpaired) electrons. The fourth-order valence-electron chi connectivity index (χ4n) is 2.08. The smallest absolute Gasteiger partial charge is 0.242 e. The summed E-state index contributed by atoms with van der Waals surface area (Å²) < 4.78 is 2.05. The fraction of sp³-hybridized carbons (Fsp3) is 0.643. The molecule has 4 heteroatoms. The van der Waals surface area contributed by atoms with Crippen molar-refractivity contribution < 1.29 is 4.79 Å². The van der Waals surface area contributed by atoms with Gasteiger partial charge in [0.05, 0.1) is 0 Å². The number of hydrogen-bond acceptors (Lipinski definition) is 2. The van der Waals surface area contributed by atoms with Crippen LogP contribution in [0.2, 0.25) is 0 Å². The Hall–Kier alpha value is -1.29. The van der Waals surface area contributed by atoms with Crippen LogP contribution in [-0.4, -0.2) is 35.0 Å². The van der Waals surface area contributed by atoms with Gasteiger partial charge in [0.25, 0.3) is 0 Å². The monoisotopic (exact) mass is 249 g/mol. The summed E-state index contributed by atoms with van der Waals surface area (Å²) >= 11 is 0. The van der Waals surface area contributed by atoms with E-state index in [0.717, 1.165) is 19.5 Å². The van der Waals surface area contributed by atoms with Crippen molar-refractivity contribution >= 4 is 5.91 Å². The molecule has 1 amide bonds. The summed E-state index contributed by atoms with van der Waals surface area (Å²) in [7, 11) is 1.92. The highest BCUT2D eigenvalue weighted by atomic mass is 16.2. The number of aromatic nitrogens is 1. The Bertz CT molecular complexity index is 395. The van der Waals surface area contributed by atoms with Crippen LogP contribution < -0.4 is 5.32 Å². The maximum absolute atomic E-state index is 12.1. The summed E-state index contributed by atoms with van der Waals surface area (Å²) in [4.78, 5) is 14.0. The van der Waals surface area contributed by atoms with E-state index < -0.39 is 0 Å². The van der Waals surface area contributed by atoms with Gasteiger partial charge in [0.1, 0.15) is 6.54 Å². The lowest BCUT2D eigenvalue weighted by molar-refractivity contribution is -0.131. The van der Waals surface area contributed by atoms with Gasteiger partial charge in [-0.1, -0.05) is 6.92 Å². The molecule has 4 nitrogen and oxygen atoms in total. The van der Waals surface area contributed by atoms with Crippen molar-refractivity contribution in [2.24, 2.45) is 0 Å². The summed E-state index contributed by atoms with van der Waals surface area (Å²) in [6.07, 6.45) is 5.45. The van der Waals surface area contributed by atoms with Crippen LogP contribution in [0.25, 0.3) is 0 Å². The maximum atomic E-state index is 12.1. The van der Waals surface area contributed by atoms with Gasteiger partial charge in [-0.3, -0.25) is 4.79 Å². The van der Waals surface area contributed by atoms with Crippen LogP contribution in [0.5, 0.6) is 0 Å². The standard InChI is InChI=1S/C14H23N3O/c1-3-8-15-10-13-5-4-9-17(13)11-14(18)16(2)12-6-7-12/h4-5,9,12,15H,3,6-8,10-11H2,1-2H3. The van der Waals surface area contributed by atoms with E-state index >= 15 is 0 Å². The third-order valence-electron chi connectivity index (χ3n) is 3.45. The Kier molecular flexibility index (Phi) is 4.42. The van der Waals surface area contributed by atoms with E-state index in [2.05, 4.69) is 18.3 Å². The first-order valence-corrected chi connectivity index (χ1v) is 6.82. The van der Waals surface area contributed by atoms with Gasteiger partial charge in [-0.15, -0.1) is 0 Å². The van der Waals surface area contributed by atoms with Gasteiger partial charge in [0.2, 0.25) is 5.91 Å². The van der Waals surface area contributed by atoms with E-state index in [9.17, 15) is 4.79 Å². The molecule has 1 aromatic heterocycles. The van der Waals surface area contributed by atoms with E-state index in [1.807, 2.05) is 28.8 Å². The number of amides is 1. The minimum absolute atomic E-state index is 0.213. The van der Waals surface area contributed by atoms with Crippen molar-refractivity contribution in [3.05, 3.63) is 24.0 Å². The molecule has 0 atom stereocenters. The van der Waals surface area contributed by atoms with Crippen LogP contribution in [0.15, 0.2) is 18.3 Å². The molecular weight excluding hydrogens is 226 g/mol. The molecule has 1 saturated carbocycles. The zero-order valence-electron chi connectivity index (χ0n) is 11.4. The molecule has 0 bridgehead atoms. The summed E-state index contributed by atoms with van der Waals surface area (Å²) in [5.74, 6) is 0.213. The summed E-state index contributed by atoms with van der Waals surface area (Å²) in [6, 6.07) is 4.58. The van der Waals surface area contributed by atoms with Crippen molar-refractivity contribution in [1.29, 1.82) is 0 Å². The number of carbonyl (C=O) groups excluding carboxylic acids is 1. The van der Waals surface area contributed by atoms with Gasteiger partial charge in [0, 0.05) is 31.5 Å². The lowest BCUT2D eigenvalue weighted by atomic mass is 10.4. The molecule has 100 valence electrons. The van der Waals surface area contributed by atoms with Gasteiger partial charge in [-0.2, -0.15) is 0 Å². The molecule has 1 aliphatic carbocycles. The number of rotatable bonds is 7. The number of likely N-dealkylation sites (N-methyl/N-ethyl adjacent to an activating group) is 1. The minimum atomic E-state index is 0.213. The first kappa shape index (κ1) is 13.1. The topological polar surface area (TPSA) is 37.3 Å². The van der Waals surface area contributed by atoms with Crippen LogP contribution in [0.4, 0.5) is 0 Å². The van der Waals surface area contributed by atoms with E-state index in [0.29, 0.717) is 12.6 Å². The van der Waals surface area contributed by atoms with Crippen molar-refractivity contribution in [3.8, 4) is 0 Å². The Labute approximate surface area is 109 Å². The molecule has 1 aromatic rings. The zero-order valence-corrected chi connectivity index (χ0v) is 11.4. The first-order valence-electron chi connectivity index (χ1n) is 6.82. The molecule has 1 heterocycles. The SMILES string of the molecule is CCCNCc1cccn1CC(=O)N(C)C1CC1. The maximum Gasteiger partial charge on any atom is 0.242 e. The predicted molar refractivity (Wildman–Crippen MR) is 72.2 cm³/mol. The Morgan fingerprint density at radius 1 is 1.56 bits per heavy atom. The normalized spacial score (nSPS) is 14.8. The molecule has 1 N–H and O–H groups in total. The van der Waals surface area contributed by atoms with E-state index in [-0.39, 0.29) is 5.91 Å². The molecule has 18 heavy (non-hydrogen) atoms. The summed E-state index contributed by atoms with van der Waals surface area (Å²) in [5, 5.41) is 3.37. The minimum Gasteiger partial charge on any atom is -0.341 e. The Morgan fingerprint density at radius 3 is 3.00 bits per heavy atom. The van der Waals surface area contributed by atoms with E-state index in [4.69, 9.17) is 0 Å².